The number of benzene rings is 2. The van der Waals surface area contributed by atoms with Crippen molar-refractivity contribution in [3.05, 3.63) is 59.7 Å². The van der Waals surface area contributed by atoms with Gasteiger partial charge in [-0.1, -0.05) is 30.3 Å². The summed E-state index contributed by atoms with van der Waals surface area (Å²) < 4.78 is 11.1. The van der Waals surface area contributed by atoms with Crippen molar-refractivity contribution in [3.8, 4) is 11.5 Å². The molecule has 1 unspecified atom stereocenters. The molecule has 112 valence electrons. The predicted molar refractivity (Wildman–Crippen MR) is 86.0 cm³/mol. The van der Waals surface area contributed by atoms with Crippen LogP contribution in [0.4, 0.5) is 0 Å². The van der Waals surface area contributed by atoms with Gasteiger partial charge in [-0.3, -0.25) is 0 Å². The summed E-state index contributed by atoms with van der Waals surface area (Å²) in [5.41, 5.74) is 8.28. The molecule has 0 spiro atoms. The summed E-state index contributed by atoms with van der Waals surface area (Å²) in [6.07, 6.45) is 1.70. The average Bonchev–Trinajstić information content (AvgIpc) is 2.49. The van der Waals surface area contributed by atoms with Crippen molar-refractivity contribution < 1.29 is 9.47 Å². The van der Waals surface area contributed by atoms with Crippen LogP contribution < -0.4 is 15.2 Å². The Balaban J connectivity index is 1.90. The summed E-state index contributed by atoms with van der Waals surface area (Å²) in [5, 5.41) is 0. The van der Waals surface area contributed by atoms with Crippen molar-refractivity contribution in [1.82, 2.24) is 0 Å². The van der Waals surface area contributed by atoms with Gasteiger partial charge < -0.3 is 15.2 Å². The lowest BCUT2D eigenvalue weighted by Crippen LogP contribution is -2.18. The highest BCUT2D eigenvalue weighted by molar-refractivity contribution is 5.34. The molecule has 2 N–H and O–H groups in total. The average molecular weight is 285 g/mol. The molecule has 0 saturated heterocycles. The van der Waals surface area contributed by atoms with E-state index in [0.29, 0.717) is 6.61 Å². The van der Waals surface area contributed by atoms with Crippen LogP contribution in [0.5, 0.6) is 11.5 Å². The maximum atomic E-state index is 5.91. The third-order valence-electron chi connectivity index (χ3n) is 3.32. The molecule has 3 heteroatoms. The zero-order chi connectivity index (χ0) is 15.1. The van der Waals surface area contributed by atoms with E-state index in [1.807, 2.05) is 37.3 Å². The van der Waals surface area contributed by atoms with Crippen LogP contribution in [0.15, 0.2) is 48.5 Å². The van der Waals surface area contributed by atoms with Crippen LogP contribution in [0.25, 0.3) is 0 Å². The Kier molecular flexibility index (Phi) is 5.64. The molecule has 0 radical (unpaired) electrons. The highest BCUT2D eigenvalue weighted by Gasteiger charge is 2.05. The van der Waals surface area contributed by atoms with Crippen LogP contribution in [0.2, 0.25) is 0 Å². The van der Waals surface area contributed by atoms with Crippen molar-refractivity contribution in [3.63, 3.8) is 0 Å². The Bertz CT molecular complexity index is 549. The zero-order valence-electron chi connectivity index (χ0n) is 12.7. The fourth-order valence-electron chi connectivity index (χ4n) is 2.23. The monoisotopic (exact) mass is 285 g/mol. The molecule has 21 heavy (non-hydrogen) atoms. The van der Waals surface area contributed by atoms with Gasteiger partial charge in [-0.05, 0) is 42.7 Å². The highest BCUT2D eigenvalue weighted by Crippen LogP contribution is 2.20. The third-order valence-corrected chi connectivity index (χ3v) is 3.32. The molecular weight excluding hydrogens is 262 g/mol. The number of hydrogen-bond donors (Lipinski definition) is 1. The van der Waals surface area contributed by atoms with E-state index in [4.69, 9.17) is 15.2 Å². The van der Waals surface area contributed by atoms with Gasteiger partial charge in [0.25, 0.3) is 0 Å². The first-order valence-corrected chi connectivity index (χ1v) is 7.28. The second-order valence-corrected chi connectivity index (χ2v) is 5.24. The summed E-state index contributed by atoms with van der Waals surface area (Å²) in [6, 6.07) is 16.3. The normalized spacial score (nSPS) is 12.0. The maximum absolute atomic E-state index is 5.91. The first-order valence-electron chi connectivity index (χ1n) is 7.28. The van der Waals surface area contributed by atoms with E-state index in [-0.39, 0.29) is 6.04 Å². The second-order valence-electron chi connectivity index (χ2n) is 5.24. The summed E-state index contributed by atoms with van der Waals surface area (Å²) >= 11 is 0. The van der Waals surface area contributed by atoms with Gasteiger partial charge in [0.15, 0.2) is 0 Å². The molecule has 3 nitrogen and oxygen atoms in total. The van der Waals surface area contributed by atoms with Crippen LogP contribution in [0.1, 0.15) is 18.1 Å². The number of hydrogen-bond acceptors (Lipinski definition) is 3. The molecule has 0 aliphatic carbocycles. The van der Waals surface area contributed by atoms with Crippen LogP contribution >= 0.6 is 0 Å². The second kappa shape index (κ2) is 7.70. The van der Waals surface area contributed by atoms with Gasteiger partial charge in [-0.15, -0.1) is 0 Å². The van der Waals surface area contributed by atoms with Gasteiger partial charge in [0, 0.05) is 12.5 Å². The Morgan fingerprint density at radius 2 is 1.76 bits per heavy atom. The third kappa shape index (κ3) is 4.80. The lowest BCUT2D eigenvalue weighted by molar-refractivity contribution is 0.318. The summed E-state index contributed by atoms with van der Waals surface area (Å²) in [5.74, 6) is 1.81. The number of rotatable bonds is 7. The molecule has 0 aliphatic rings. The lowest BCUT2D eigenvalue weighted by atomic mass is 10.1. The maximum Gasteiger partial charge on any atom is 0.122 e. The molecule has 0 fully saturated rings. The predicted octanol–water partition coefficient (Wildman–Crippen LogP) is 3.21. The van der Waals surface area contributed by atoms with Crippen molar-refractivity contribution in [1.29, 1.82) is 0 Å². The number of para-hydroxylation sites is 1. The van der Waals surface area contributed by atoms with Crippen molar-refractivity contribution in [2.45, 2.75) is 25.8 Å². The van der Waals surface area contributed by atoms with Gasteiger partial charge in [-0.25, -0.2) is 0 Å². The smallest absolute Gasteiger partial charge is 0.122 e. The minimum Gasteiger partial charge on any atom is -0.497 e. The van der Waals surface area contributed by atoms with Gasteiger partial charge in [0.05, 0.1) is 13.7 Å². The molecule has 2 aromatic rings. The molecular formula is C18H23NO2. The molecule has 2 aromatic carbocycles. The summed E-state index contributed by atoms with van der Waals surface area (Å²) in [6.45, 7) is 2.66. The number of nitrogens with two attached hydrogens (primary N) is 1. The van der Waals surface area contributed by atoms with Crippen molar-refractivity contribution >= 4 is 0 Å². The van der Waals surface area contributed by atoms with Gasteiger partial charge >= 0.3 is 0 Å². The minimum atomic E-state index is 0.135. The molecule has 0 aliphatic heterocycles. The Morgan fingerprint density at radius 1 is 1.05 bits per heavy atom. The van der Waals surface area contributed by atoms with Crippen molar-refractivity contribution in [2.75, 3.05) is 13.7 Å². The van der Waals surface area contributed by atoms with Crippen LogP contribution in [-0.2, 0) is 12.8 Å². The quantitative estimate of drug-likeness (QED) is 0.849. The molecule has 2 rings (SSSR count). The summed E-state index contributed by atoms with van der Waals surface area (Å²) in [7, 11) is 1.67. The largest absolute Gasteiger partial charge is 0.497 e. The summed E-state index contributed by atoms with van der Waals surface area (Å²) in [4.78, 5) is 0. The Labute approximate surface area is 126 Å². The minimum absolute atomic E-state index is 0.135. The fourth-order valence-corrected chi connectivity index (χ4v) is 2.23. The molecule has 0 saturated carbocycles. The van der Waals surface area contributed by atoms with Crippen LogP contribution in [0, 0.1) is 0 Å². The van der Waals surface area contributed by atoms with E-state index >= 15 is 0 Å². The zero-order valence-corrected chi connectivity index (χ0v) is 12.7. The lowest BCUT2D eigenvalue weighted by Gasteiger charge is -2.13. The Morgan fingerprint density at radius 3 is 2.43 bits per heavy atom. The van der Waals surface area contributed by atoms with E-state index in [0.717, 1.165) is 24.3 Å². The Hall–Kier alpha value is -2.00. The van der Waals surface area contributed by atoms with Crippen LogP contribution in [-0.4, -0.2) is 19.8 Å². The van der Waals surface area contributed by atoms with E-state index < -0.39 is 0 Å². The van der Waals surface area contributed by atoms with Crippen LogP contribution in [0.3, 0.4) is 0 Å². The van der Waals surface area contributed by atoms with Crippen molar-refractivity contribution in [2.24, 2.45) is 5.73 Å². The van der Waals surface area contributed by atoms with E-state index in [1.54, 1.807) is 7.11 Å². The van der Waals surface area contributed by atoms with E-state index in [2.05, 4.69) is 18.2 Å². The molecule has 0 amide bonds. The SMILES string of the molecule is COc1ccc(CCOc2ccccc2CC(C)N)cc1. The topological polar surface area (TPSA) is 44.5 Å². The molecule has 0 bridgehead atoms. The first-order chi connectivity index (χ1) is 10.2. The van der Waals surface area contributed by atoms with Gasteiger partial charge in [0.2, 0.25) is 0 Å². The number of methoxy groups -OCH3 is 1. The van der Waals surface area contributed by atoms with Gasteiger partial charge in [0.1, 0.15) is 11.5 Å². The first kappa shape index (κ1) is 15.4. The molecule has 1 atom stereocenters. The molecule has 0 aromatic heterocycles. The van der Waals surface area contributed by atoms with Gasteiger partial charge in [-0.2, -0.15) is 0 Å². The van der Waals surface area contributed by atoms with E-state index in [9.17, 15) is 0 Å². The highest BCUT2D eigenvalue weighted by atomic mass is 16.5. The standard InChI is InChI=1S/C18H23NO2/c1-14(19)13-16-5-3-4-6-18(16)21-12-11-15-7-9-17(20-2)10-8-15/h3-10,14H,11-13,19H2,1-2H3. The number of ether oxygens (including phenoxy) is 2. The van der Waals surface area contributed by atoms with E-state index in [1.165, 1.54) is 11.1 Å². The fraction of sp³-hybridized carbons (Fsp3) is 0.333. The molecule has 0 heterocycles.